The van der Waals surface area contributed by atoms with E-state index in [0.717, 1.165) is 19.6 Å². The van der Waals surface area contributed by atoms with Crippen molar-refractivity contribution in [3.63, 3.8) is 0 Å². The van der Waals surface area contributed by atoms with Gasteiger partial charge in [0.25, 0.3) is 0 Å². The van der Waals surface area contributed by atoms with Gasteiger partial charge in [0.15, 0.2) is 0 Å². The van der Waals surface area contributed by atoms with Gasteiger partial charge < -0.3 is 19.5 Å². The van der Waals surface area contributed by atoms with Crippen LogP contribution < -0.4 is 5.32 Å². The SMILES string of the molecule is COCCOCC(=O)NCC1CN(Cc2ccccc2)CCO1. The Balaban J connectivity index is 1.64. The van der Waals surface area contributed by atoms with Crippen LogP contribution in [-0.4, -0.2) is 70.1 Å². The molecule has 1 N–H and O–H groups in total. The molecule has 1 unspecified atom stereocenters. The predicted molar refractivity (Wildman–Crippen MR) is 87.2 cm³/mol. The van der Waals surface area contributed by atoms with E-state index in [4.69, 9.17) is 14.2 Å². The van der Waals surface area contributed by atoms with E-state index >= 15 is 0 Å². The zero-order valence-electron chi connectivity index (χ0n) is 13.7. The Bertz CT molecular complexity index is 455. The van der Waals surface area contributed by atoms with Crippen molar-refractivity contribution < 1.29 is 19.0 Å². The molecule has 23 heavy (non-hydrogen) atoms. The second-order valence-corrected chi connectivity index (χ2v) is 5.56. The number of hydrogen-bond acceptors (Lipinski definition) is 5. The lowest BCUT2D eigenvalue weighted by Gasteiger charge is -2.33. The maximum absolute atomic E-state index is 11.7. The lowest BCUT2D eigenvalue weighted by atomic mass is 10.2. The molecule has 1 aliphatic heterocycles. The van der Waals surface area contributed by atoms with E-state index in [1.54, 1.807) is 7.11 Å². The number of hydrogen-bond donors (Lipinski definition) is 1. The number of ether oxygens (including phenoxy) is 3. The molecule has 1 aliphatic rings. The van der Waals surface area contributed by atoms with Crippen molar-refractivity contribution in [1.29, 1.82) is 0 Å². The van der Waals surface area contributed by atoms with Crippen molar-refractivity contribution in [3.05, 3.63) is 35.9 Å². The quantitative estimate of drug-likeness (QED) is 0.677. The molecule has 1 atom stereocenters. The van der Waals surface area contributed by atoms with Crippen LogP contribution in [0.25, 0.3) is 0 Å². The molecule has 6 nitrogen and oxygen atoms in total. The smallest absolute Gasteiger partial charge is 0.246 e. The van der Waals surface area contributed by atoms with Crippen molar-refractivity contribution >= 4 is 5.91 Å². The van der Waals surface area contributed by atoms with Crippen LogP contribution in [-0.2, 0) is 25.5 Å². The Morgan fingerprint density at radius 2 is 2.17 bits per heavy atom. The number of nitrogens with one attached hydrogen (secondary N) is 1. The van der Waals surface area contributed by atoms with Gasteiger partial charge in [-0.25, -0.2) is 0 Å². The molecule has 1 fully saturated rings. The van der Waals surface area contributed by atoms with E-state index in [1.165, 1.54) is 5.56 Å². The lowest BCUT2D eigenvalue weighted by molar-refractivity contribution is -0.127. The summed E-state index contributed by atoms with van der Waals surface area (Å²) in [6, 6.07) is 10.4. The highest BCUT2D eigenvalue weighted by Gasteiger charge is 2.20. The summed E-state index contributed by atoms with van der Waals surface area (Å²) in [5.41, 5.74) is 1.30. The molecule has 1 aromatic rings. The van der Waals surface area contributed by atoms with E-state index in [2.05, 4.69) is 34.5 Å². The lowest BCUT2D eigenvalue weighted by Crippen LogP contribution is -2.47. The first-order chi connectivity index (χ1) is 11.3. The highest BCUT2D eigenvalue weighted by atomic mass is 16.5. The molecule has 1 aromatic carbocycles. The van der Waals surface area contributed by atoms with Gasteiger partial charge >= 0.3 is 0 Å². The number of amides is 1. The normalized spacial score (nSPS) is 18.7. The van der Waals surface area contributed by atoms with Crippen LogP contribution >= 0.6 is 0 Å². The maximum Gasteiger partial charge on any atom is 0.246 e. The molecule has 1 heterocycles. The van der Waals surface area contributed by atoms with Gasteiger partial charge in [0.1, 0.15) is 6.61 Å². The van der Waals surface area contributed by atoms with E-state index in [-0.39, 0.29) is 18.6 Å². The molecule has 1 saturated heterocycles. The number of rotatable bonds is 9. The Morgan fingerprint density at radius 3 is 2.96 bits per heavy atom. The van der Waals surface area contributed by atoms with Crippen LogP contribution in [0, 0.1) is 0 Å². The van der Waals surface area contributed by atoms with E-state index in [1.807, 2.05) is 6.07 Å². The Hall–Kier alpha value is -1.47. The van der Waals surface area contributed by atoms with Crippen LogP contribution in [0.2, 0.25) is 0 Å². The van der Waals surface area contributed by atoms with Gasteiger partial charge in [-0.3, -0.25) is 9.69 Å². The molecule has 0 spiro atoms. The van der Waals surface area contributed by atoms with Gasteiger partial charge in [-0.05, 0) is 5.56 Å². The molecule has 0 radical (unpaired) electrons. The maximum atomic E-state index is 11.7. The van der Waals surface area contributed by atoms with Crippen molar-refractivity contribution in [1.82, 2.24) is 10.2 Å². The van der Waals surface area contributed by atoms with Gasteiger partial charge in [0, 0.05) is 33.3 Å². The summed E-state index contributed by atoms with van der Waals surface area (Å²) < 4.78 is 15.8. The van der Waals surface area contributed by atoms with Crippen LogP contribution in [0.3, 0.4) is 0 Å². The van der Waals surface area contributed by atoms with Gasteiger partial charge in [0.2, 0.25) is 5.91 Å². The minimum absolute atomic E-state index is 0.0235. The first-order valence-corrected chi connectivity index (χ1v) is 7.99. The van der Waals surface area contributed by atoms with E-state index in [9.17, 15) is 4.79 Å². The van der Waals surface area contributed by atoms with E-state index < -0.39 is 0 Å². The highest BCUT2D eigenvalue weighted by Crippen LogP contribution is 2.10. The van der Waals surface area contributed by atoms with Crippen molar-refractivity contribution in [2.75, 3.05) is 53.2 Å². The number of benzene rings is 1. The van der Waals surface area contributed by atoms with Crippen molar-refractivity contribution in [2.24, 2.45) is 0 Å². The Morgan fingerprint density at radius 1 is 1.35 bits per heavy atom. The highest BCUT2D eigenvalue weighted by molar-refractivity contribution is 5.77. The minimum Gasteiger partial charge on any atom is -0.382 e. The topological polar surface area (TPSA) is 60.0 Å². The third-order valence-electron chi connectivity index (χ3n) is 3.66. The molecule has 2 rings (SSSR count). The summed E-state index contributed by atoms with van der Waals surface area (Å²) in [6.45, 7) is 4.83. The molecule has 6 heteroatoms. The van der Waals surface area contributed by atoms with Crippen LogP contribution in [0.4, 0.5) is 0 Å². The van der Waals surface area contributed by atoms with Crippen molar-refractivity contribution in [3.8, 4) is 0 Å². The molecular weight excluding hydrogens is 296 g/mol. The van der Waals surface area contributed by atoms with E-state index in [0.29, 0.717) is 26.4 Å². The fourth-order valence-electron chi connectivity index (χ4n) is 2.47. The minimum atomic E-state index is -0.120. The fourth-order valence-corrected chi connectivity index (χ4v) is 2.47. The molecule has 1 amide bonds. The van der Waals surface area contributed by atoms with Crippen LogP contribution in [0.1, 0.15) is 5.56 Å². The third-order valence-corrected chi connectivity index (χ3v) is 3.66. The number of carbonyl (C=O) groups excluding carboxylic acids is 1. The predicted octanol–water partition coefficient (Wildman–Crippen LogP) is 0.667. The third kappa shape index (κ3) is 7.09. The summed E-state index contributed by atoms with van der Waals surface area (Å²) in [7, 11) is 1.60. The molecule has 0 aliphatic carbocycles. The molecule has 0 saturated carbocycles. The molecular formula is C17H26N2O4. The van der Waals surface area contributed by atoms with Crippen molar-refractivity contribution in [2.45, 2.75) is 12.6 Å². The van der Waals surface area contributed by atoms with Gasteiger partial charge in [-0.2, -0.15) is 0 Å². The molecule has 0 aromatic heterocycles. The van der Waals surface area contributed by atoms with Gasteiger partial charge in [0.05, 0.1) is 25.9 Å². The Labute approximate surface area is 137 Å². The summed E-state index contributed by atoms with van der Waals surface area (Å²) in [4.78, 5) is 14.0. The number of nitrogens with zero attached hydrogens (tertiary/aromatic N) is 1. The van der Waals surface area contributed by atoms with Crippen LogP contribution in [0.5, 0.6) is 0 Å². The summed E-state index contributed by atoms with van der Waals surface area (Å²) in [5, 5.41) is 2.86. The molecule has 0 bridgehead atoms. The average molecular weight is 322 g/mol. The zero-order valence-corrected chi connectivity index (χ0v) is 13.7. The number of methoxy groups -OCH3 is 1. The average Bonchev–Trinajstić information content (AvgIpc) is 2.58. The largest absolute Gasteiger partial charge is 0.382 e. The summed E-state index contributed by atoms with van der Waals surface area (Å²) in [5.74, 6) is -0.120. The monoisotopic (exact) mass is 322 g/mol. The summed E-state index contributed by atoms with van der Waals surface area (Å²) in [6.07, 6.45) is 0.0235. The Kier molecular flexibility index (Phi) is 8.03. The number of morpholine rings is 1. The van der Waals surface area contributed by atoms with Gasteiger partial charge in [-0.1, -0.05) is 30.3 Å². The number of carbonyl (C=O) groups is 1. The second-order valence-electron chi connectivity index (χ2n) is 5.56. The molecule has 128 valence electrons. The van der Waals surface area contributed by atoms with Crippen LogP contribution in [0.15, 0.2) is 30.3 Å². The summed E-state index contributed by atoms with van der Waals surface area (Å²) >= 11 is 0. The standard InChI is InChI=1S/C17H26N2O4/c1-21-9-10-22-14-17(20)18-11-16-13-19(7-8-23-16)12-15-5-3-2-4-6-15/h2-6,16H,7-14H2,1H3,(H,18,20). The first kappa shape index (κ1) is 17.9. The first-order valence-electron chi connectivity index (χ1n) is 7.99. The second kappa shape index (κ2) is 10.3. The van der Waals surface area contributed by atoms with Gasteiger partial charge in [-0.15, -0.1) is 0 Å². The fraction of sp³-hybridized carbons (Fsp3) is 0.588. The zero-order chi connectivity index (χ0) is 16.3.